The lowest BCUT2D eigenvalue weighted by Crippen LogP contribution is -2.46. The molecule has 1 heterocycles. The first-order valence-electron chi connectivity index (χ1n) is 6.71. The van der Waals surface area contributed by atoms with Gasteiger partial charge in [-0.3, -0.25) is 4.79 Å². The summed E-state index contributed by atoms with van der Waals surface area (Å²) in [6.07, 6.45) is 1.02. The van der Waals surface area contributed by atoms with E-state index in [0.29, 0.717) is 18.8 Å². The van der Waals surface area contributed by atoms with Gasteiger partial charge in [0.2, 0.25) is 5.91 Å². The number of amides is 1. The van der Waals surface area contributed by atoms with Crippen LogP contribution in [0.5, 0.6) is 0 Å². The molecule has 0 aromatic carbocycles. The zero-order valence-electron chi connectivity index (χ0n) is 12.3. The number of rotatable bonds is 6. The Labute approximate surface area is 131 Å². The monoisotopic (exact) mass is 324 g/mol. The number of methoxy groups -OCH3 is 1. The summed E-state index contributed by atoms with van der Waals surface area (Å²) in [7, 11) is 1.35. The maximum absolute atomic E-state index is 12.0. The second kappa shape index (κ2) is 10.3. The van der Waals surface area contributed by atoms with Crippen LogP contribution in [-0.4, -0.2) is 49.1 Å². The average molecular weight is 325 g/mol. The SMILES string of the molecule is COC(=O)C(CC(C)C)NC(=O)CC1CSCCN1.Cl. The molecule has 0 radical (unpaired) electrons. The highest BCUT2D eigenvalue weighted by Crippen LogP contribution is 2.11. The van der Waals surface area contributed by atoms with Crippen molar-refractivity contribution in [3.63, 3.8) is 0 Å². The molecule has 1 fully saturated rings. The van der Waals surface area contributed by atoms with Gasteiger partial charge in [-0.1, -0.05) is 13.8 Å². The molecule has 5 nitrogen and oxygen atoms in total. The summed E-state index contributed by atoms with van der Waals surface area (Å²) < 4.78 is 4.73. The van der Waals surface area contributed by atoms with Gasteiger partial charge in [-0.2, -0.15) is 11.8 Å². The predicted octanol–water partition coefficient (Wildman–Crippen LogP) is 1.21. The Morgan fingerprint density at radius 3 is 2.65 bits per heavy atom. The first kappa shape index (κ1) is 19.5. The molecule has 2 unspecified atom stereocenters. The lowest BCUT2D eigenvalue weighted by molar-refractivity contribution is -0.145. The zero-order chi connectivity index (χ0) is 14.3. The van der Waals surface area contributed by atoms with Gasteiger partial charge in [0, 0.05) is 30.5 Å². The number of ether oxygens (including phenoxy) is 1. The number of hydrogen-bond acceptors (Lipinski definition) is 5. The van der Waals surface area contributed by atoms with Crippen LogP contribution < -0.4 is 10.6 Å². The van der Waals surface area contributed by atoms with E-state index in [1.807, 2.05) is 25.6 Å². The number of nitrogens with one attached hydrogen (secondary N) is 2. The van der Waals surface area contributed by atoms with Crippen LogP contribution in [0.2, 0.25) is 0 Å². The van der Waals surface area contributed by atoms with E-state index in [1.165, 1.54) is 7.11 Å². The fourth-order valence-electron chi connectivity index (χ4n) is 2.06. The summed E-state index contributed by atoms with van der Waals surface area (Å²) in [4.78, 5) is 23.6. The number of thioether (sulfide) groups is 1. The van der Waals surface area contributed by atoms with Crippen LogP contribution in [0, 0.1) is 5.92 Å². The van der Waals surface area contributed by atoms with Crippen molar-refractivity contribution < 1.29 is 14.3 Å². The third kappa shape index (κ3) is 7.36. The van der Waals surface area contributed by atoms with Crippen molar-refractivity contribution in [3.05, 3.63) is 0 Å². The Morgan fingerprint density at radius 2 is 2.15 bits per heavy atom. The van der Waals surface area contributed by atoms with Gasteiger partial charge in [-0.05, 0) is 12.3 Å². The van der Waals surface area contributed by atoms with Crippen LogP contribution in [0.1, 0.15) is 26.7 Å². The highest BCUT2D eigenvalue weighted by atomic mass is 35.5. The third-order valence-electron chi connectivity index (χ3n) is 2.96. The summed E-state index contributed by atoms with van der Waals surface area (Å²) in [5.41, 5.74) is 0. The standard InChI is InChI=1S/C13H24N2O3S.ClH/c1-9(2)6-11(13(17)18-3)15-12(16)7-10-8-19-5-4-14-10;/h9-11,14H,4-8H2,1-3H3,(H,15,16);1H. The molecule has 1 amide bonds. The summed E-state index contributed by atoms with van der Waals surface area (Å²) in [5, 5.41) is 6.09. The maximum Gasteiger partial charge on any atom is 0.328 e. The molecular weight excluding hydrogens is 300 g/mol. The Morgan fingerprint density at radius 1 is 1.45 bits per heavy atom. The van der Waals surface area contributed by atoms with E-state index in [4.69, 9.17) is 4.74 Å². The molecule has 1 saturated heterocycles. The van der Waals surface area contributed by atoms with Gasteiger partial charge in [-0.25, -0.2) is 4.79 Å². The molecule has 1 aliphatic heterocycles. The van der Waals surface area contributed by atoms with E-state index >= 15 is 0 Å². The molecule has 0 aromatic rings. The van der Waals surface area contributed by atoms with Crippen LogP contribution in [-0.2, 0) is 14.3 Å². The van der Waals surface area contributed by atoms with E-state index in [0.717, 1.165) is 18.1 Å². The topological polar surface area (TPSA) is 67.4 Å². The Bertz CT molecular complexity index is 310. The van der Waals surface area contributed by atoms with E-state index in [9.17, 15) is 9.59 Å². The molecule has 2 N–H and O–H groups in total. The van der Waals surface area contributed by atoms with Gasteiger partial charge in [0.1, 0.15) is 6.04 Å². The Balaban J connectivity index is 0.00000361. The molecule has 0 bridgehead atoms. The summed E-state index contributed by atoms with van der Waals surface area (Å²) >= 11 is 1.85. The number of carbonyl (C=O) groups excluding carboxylic acids is 2. The number of hydrogen-bond donors (Lipinski definition) is 2. The van der Waals surface area contributed by atoms with Gasteiger partial charge in [0.15, 0.2) is 0 Å². The summed E-state index contributed by atoms with van der Waals surface area (Å²) in [6, 6.07) is -0.329. The zero-order valence-corrected chi connectivity index (χ0v) is 13.9. The summed E-state index contributed by atoms with van der Waals surface area (Å²) in [6.45, 7) is 4.97. The second-order valence-electron chi connectivity index (χ2n) is 5.20. The average Bonchev–Trinajstić information content (AvgIpc) is 2.37. The molecule has 118 valence electrons. The molecular formula is C13H25ClN2O3S. The molecule has 20 heavy (non-hydrogen) atoms. The van der Waals surface area contributed by atoms with Gasteiger partial charge in [-0.15, -0.1) is 12.4 Å². The number of carbonyl (C=O) groups is 2. The van der Waals surface area contributed by atoms with Gasteiger partial charge in [0.05, 0.1) is 7.11 Å². The third-order valence-corrected chi connectivity index (χ3v) is 4.09. The first-order valence-corrected chi connectivity index (χ1v) is 7.86. The second-order valence-corrected chi connectivity index (χ2v) is 6.35. The molecule has 2 atom stereocenters. The molecule has 7 heteroatoms. The lowest BCUT2D eigenvalue weighted by Gasteiger charge is -2.24. The molecule has 0 aliphatic carbocycles. The van der Waals surface area contributed by atoms with E-state index in [2.05, 4.69) is 10.6 Å². The van der Waals surface area contributed by atoms with E-state index < -0.39 is 6.04 Å². The van der Waals surface area contributed by atoms with Crippen molar-refractivity contribution in [2.45, 2.75) is 38.8 Å². The Hall–Kier alpha value is -0.460. The number of halogens is 1. The largest absolute Gasteiger partial charge is 0.467 e. The van der Waals surface area contributed by atoms with Gasteiger partial charge >= 0.3 is 5.97 Å². The van der Waals surface area contributed by atoms with Gasteiger partial charge in [0.25, 0.3) is 0 Å². The quantitative estimate of drug-likeness (QED) is 0.719. The minimum absolute atomic E-state index is 0. The normalized spacial score (nSPS) is 19.9. The molecule has 0 saturated carbocycles. The maximum atomic E-state index is 12.0. The first-order chi connectivity index (χ1) is 9.02. The van der Waals surface area contributed by atoms with Crippen molar-refractivity contribution in [1.29, 1.82) is 0 Å². The lowest BCUT2D eigenvalue weighted by atomic mass is 10.0. The predicted molar refractivity (Wildman–Crippen MR) is 84.4 cm³/mol. The smallest absolute Gasteiger partial charge is 0.328 e. The van der Waals surface area contributed by atoms with Crippen molar-refractivity contribution in [2.24, 2.45) is 5.92 Å². The highest BCUT2D eigenvalue weighted by molar-refractivity contribution is 7.99. The van der Waals surface area contributed by atoms with Crippen molar-refractivity contribution >= 4 is 36.0 Å². The van der Waals surface area contributed by atoms with E-state index in [-0.39, 0.29) is 30.3 Å². The minimum Gasteiger partial charge on any atom is -0.467 e. The molecule has 1 rings (SSSR count). The number of esters is 1. The van der Waals surface area contributed by atoms with Crippen LogP contribution in [0.4, 0.5) is 0 Å². The fraction of sp³-hybridized carbons (Fsp3) is 0.846. The molecule has 0 spiro atoms. The molecule has 0 aromatic heterocycles. The van der Waals surface area contributed by atoms with Crippen LogP contribution in [0.3, 0.4) is 0 Å². The van der Waals surface area contributed by atoms with Crippen molar-refractivity contribution in [2.75, 3.05) is 25.2 Å². The van der Waals surface area contributed by atoms with Crippen molar-refractivity contribution in [3.8, 4) is 0 Å². The Kier molecular flexibility index (Phi) is 10.1. The minimum atomic E-state index is -0.534. The van der Waals surface area contributed by atoms with Crippen molar-refractivity contribution in [1.82, 2.24) is 10.6 Å². The van der Waals surface area contributed by atoms with Gasteiger partial charge < -0.3 is 15.4 Å². The highest BCUT2D eigenvalue weighted by Gasteiger charge is 2.24. The fourth-order valence-corrected chi connectivity index (χ4v) is 3.00. The van der Waals surface area contributed by atoms with Crippen LogP contribution in [0.15, 0.2) is 0 Å². The van der Waals surface area contributed by atoms with E-state index in [1.54, 1.807) is 0 Å². The van der Waals surface area contributed by atoms with Crippen LogP contribution in [0.25, 0.3) is 0 Å². The summed E-state index contributed by atoms with van der Waals surface area (Å²) in [5.74, 6) is 1.91. The molecule has 1 aliphatic rings. The van der Waals surface area contributed by atoms with Crippen LogP contribution >= 0.6 is 24.2 Å².